The first-order valence-corrected chi connectivity index (χ1v) is 10.8. The van der Waals surface area contributed by atoms with Gasteiger partial charge in [-0.15, -0.1) is 0 Å². The molecule has 0 heterocycles. The predicted octanol–water partition coefficient (Wildman–Crippen LogP) is 2.89. The summed E-state index contributed by atoms with van der Waals surface area (Å²) in [5.74, 6) is -0.589. The highest BCUT2D eigenvalue weighted by Crippen LogP contribution is 2.23. The third-order valence-electron chi connectivity index (χ3n) is 3.79. The van der Waals surface area contributed by atoms with E-state index in [0.717, 1.165) is 10.4 Å². The van der Waals surface area contributed by atoms with Crippen LogP contribution in [0.15, 0.2) is 23.1 Å². The molecular weight excluding hydrogens is 404 g/mol. The molecule has 0 N–H and O–H groups in total. The van der Waals surface area contributed by atoms with Gasteiger partial charge in [-0.05, 0) is 30.0 Å². The Morgan fingerprint density at radius 2 is 1.61 bits per heavy atom. The molecule has 0 fully saturated rings. The van der Waals surface area contributed by atoms with Crippen LogP contribution in [0.1, 0.15) is 38.1 Å². The number of hydrogen-bond donors (Lipinski definition) is 0. The number of ether oxygens (including phenoxy) is 1. The van der Waals surface area contributed by atoms with Crippen molar-refractivity contribution in [3.63, 3.8) is 0 Å². The summed E-state index contributed by atoms with van der Waals surface area (Å²) >= 11 is 6.03. The number of benzene rings is 1. The summed E-state index contributed by atoms with van der Waals surface area (Å²) in [6.45, 7) is 8.70. The molecule has 28 heavy (non-hydrogen) atoms. The van der Waals surface area contributed by atoms with Crippen LogP contribution in [0, 0.1) is 11.8 Å². The van der Waals surface area contributed by atoms with Gasteiger partial charge in [0.05, 0.1) is 15.5 Å². The van der Waals surface area contributed by atoms with Crippen molar-refractivity contribution in [3.05, 3.63) is 28.8 Å². The van der Waals surface area contributed by atoms with Gasteiger partial charge in [0.2, 0.25) is 10.0 Å². The molecule has 0 spiro atoms. The van der Waals surface area contributed by atoms with E-state index in [1.807, 2.05) is 27.7 Å². The molecule has 0 unspecified atom stereocenters. The van der Waals surface area contributed by atoms with Crippen molar-refractivity contribution in [2.45, 2.75) is 32.6 Å². The molecule has 1 amide bonds. The molecule has 0 aromatic heterocycles. The minimum Gasteiger partial charge on any atom is -0.452 e. The molecular formula is C19H29ClN2O5S. The third-order valence-corrected chi connectivity index (χ3v) is 5.93. The molecule has 0 aliphatic carbocycles. The van der Waals surface area contributed by atoms with Crippen LogP contribution in [-0.2, 0) is 19.6 Å². The fourth-order valence-electron chi connectivity index (χ4n) is 2.49. The maximum absolute atomic E-state index is 12.5. The first-order valence-electron chi connectivity index (χ1n) is 9.03. The molecule has 1 rings (SSSR count). The molecule has 0 aliphatic rings. The van der Waals surface area contributed by atoms with Crippen LogP contribution >= 0.6 is 11.6 Å². The van der Waals surface area contributed by atoms with Gasteiger partial charge in [0.1, 0.15) is 0 Å². The molecule has 0 saturated carbocycles. The lowest BCUT2D eigenvalue weighted by molar-refractivity contribution is -0.135. The molecule has 0 atom stereocenters. The van der Waals surface area contributed by atoms with E-state index < -0.39 is 22.6 Å². The van der Waals surface area contributed by atoms with Gasteiger partial charge in [0.15, 0.2) is 6.61 Å². The Balaban J connectivity index is 2.94. The fourth-order valence-corrected chi connectivity index (χ4v) is 3.61. The van der Waals surface area contributed by atoms with Gasteiger partial charge >= 0.3 is 5.97 Å². The monoisotopic (exact) mass is 432 g/mol. The molecule has 1 aromatic carbocycles. The van der Waals surface area contributed by atoms with Crippen LogP contribution in [-0.4, -0.2) is 63.3 Å². The van der Waals surface area contributed by atoms with Crippen molar-refractivity contribution in [1.29, 1.82) is 0 Å². The zero-order valence-corrected chi connectivity index (χ0v) is 18.8. The van der Waals surface area contributed by atoms with Crippen LogP contribution in [0.3, 0.4) is 0 Å². The Morgan fingerprint density at radius 3 is 2.07 bits per heavy atom. The molecule has 0 bridgehead atoms. The molecule has 0 radical (unpaired) electrons. The summed E-state index contributed by atoms with van der Waals surface area (Å²) in [7, 11) is -0.955. The van der Waals surface area contributed by atoms with E-state index in [9.17, 15) is 18.0 Å². The second-order valence-corrected chi connectivity index (χ2v) is 10.2. The van der Waals surface area contributed by atoms with Crippen molar-refractivity contribution in [2.75, 3.05) is 33.8 Å². The van der Waals surface area contributed by atoms with E-state index in [2.05, 4.69) is 0 Å². The first kappa shape index (κ1) is 24.4. The number of esters is 1. The van der Waals surface area contributed by atoms with Crippen molar-refractivity contribution >= 4 is 33.5 Å². The number of hydrogen-bond acceptors (Lipinski definition) is 5. The Morgan fingerprint density at radius 1 is 1.07 bits per heavy atom. The normalized spacial score (nSPS) is 11.9. The largest absolute Gasteiger partial charge is 0.452 e. The van der Waals surface area contributed by atoms with Gasteiger partial charge in [0.25, 0.3) is 5.91 Å². The highest BCUT2D eigenvalue weighted by molar-refractivity contribution is 7.89. The third kappa shape index (κ3) is 6.76. The highest BCUT2D eigenvalue weighted by Gasteiger charge is 2.23. The Kier molecular flexibility index (Phi) is 8.91. The quantitative estimate of drug-likeness (QED) is 0.560. The van der Waals surface area contributed by atoms with Crippen LogP contribution in [0.5, 0.6) is 0 Å². The SMILES string of the molecule is CC(C)CN(CC(C)C)C(=O)COC(=O)c1cc(S(=O)(=O)N(C)C)ccc1Cl. The van der Waals surface area contributed by atoms with E-state index in [1.165, 1.54) is 26.2 Å². The average molecular weight is 433 g/mol. The number of rotatable bonds is 9. The van der Waals surface area contributed by atoms with Crippen molar-refractivity contribution < 1.29 is 22.7 Å². The summed E-state index contributed by atoms with van der Waals surface area (Å²) in [6, 6.07) is 3.79. The Bertz CT molecular complexity index is 797. The number of sulfonamides is 1. The number of carbonyl (C=O) groups excluding carboxylic acids is 2. The topological polar surface area (TPSA) is 84.0 Å². The molecule has 0 saturated heterocycles. The minimum atomic E-state index is -3.73. The van der Waals surface area contributed by atoms with E-state index in [0.29, 0.717) is 13.1 Å². The van der Waals surface area contributed by atoms with Gasteiger partial charge in [-0.2, -0.15) is 0 Å². The Labute approximate surface area is 172 Å². The molecule has 1 aromatic rings. The van der Waals surface area contributed by atoms with Crippen LogP contribution in [0.4, 0.5) is 0 Å². The lowest BCUT2D eigenvalue weighted by Crippen LogP contribution is -2.39. The second-order valence-electron chi connectivity index (χ2n) is 7.59. The standard InChI is InChI=1S/C19H29ClN2O5S/c1-13(2)10-22(11-14(3)4)18(23)12-27-19(24)16-9-15(7-8-17(16)20)28(25,26)21(5)6/h7-9,13-14H,10-12H2,1-6H3. The van der Waals surface area contributed by atoms with Gasteiger partial charge in [-0.1, -0.05) is 39.3 Å². The second kappa shape index (κ2) is 10.2. The number of nitrogens with zero attached hydrogens (tertiary/aromatic N) is 2. The van der Waals surface area contributed by atoms with Crippen molar-refractivity contribution in [2.24, 2.45) is 11.8 Å². The van der Waals surface area contributed by atoms with E-state index in [4.69, 9.17) is 16.3 Å². The lowest BCUT2D eigenvalue weighted by Gasteiger charge is -2.26. The van der Waals surface area contributed by atoms with Crippen LogP contribution in [0.25, 0.3) is 0 Å². The van der Waals surface area contributed by atoms with Crippen molar-refractivity contribution in [3.8, 4) is 0 Å². The number of carbonyl (C=O) groups is 2. The summed E-state index contributed by atoms with van der Waals surface area (Å²) in [6.07, 6.45) is 0. The van der Waals surface area contributed by atoms with Crippen LogP contribution < -0.4 is 0 Å². The van der Waals surface area contributed by atoms with Gasteiger partial charge in [0, 0.05) is 27.2 Å². The summed E-state index contributed by atoms with van der Waals surface area (Å²) in [5.41, 5.74) is -0.100. The number of amides is 1. The first-order chi connectivity index (χ1) is 12.9. The lowest BCUT2D eigenvalue weighted by atomic mass is 10.1. The zero-order chi connectivity index (χ0) is 21.6. The fraction of sp³-hybridized carbons (Fsp3) is 0.579. The van der Waals surface area contributed by atoms with E-state index in [1.54, 1.807) is 4.90 Å². The van der Waals surface area contributed by atoms with Gasteiger partial charge in [-0.3, -0.25) is 4.79 Å². The highest BCUT2D eigenvalue weighted by atomic mass is 35.5. The summed E-state index contributed by atoms with van der Waals surface area (Å²) < 4.78 is 30.6. The number of halogens is 1. The Hall–Kier alpha value is -1.64. The maximum atomic E-state index is 12.5. The van der Waals surface area contributed by atoms with E-state index >= 15 is 0 Å². The summed E-state index contributed by atoms with van der Waals surface area (Å²) in [5, 5.41) is 0.0522. The summed E-state index contributed by atoms with van der Waals surface area (Å²) in [4.78, 5) is 26.4. The minimum absolute atomic E-state index is 0.0522. The van der Waals surface area contributed by atoms with E-state index in [-0.39, 0.29) is 33.2 Å². The average Bonchev–Trinajstić information content (AvgIpc) is 2.57. The molecule has 158 valence electrons. The smallest absolute Gasteiger partial charge is 0.340 e. The van der Waals surface area contributed by atoms with Gasteiger partial charge in [-0.25, -0.2) is 17.5 Å². The molecule has 9 heteroatoms. The van der Waals surface area contributed by atoms with Crippen molar-refractivity contribution in [1.82, 2.24) is 9.21 Å². The predicted molar refractivity (Wildman–Crippen MR) is 109 cm³/mol. The van der Waals surface area contributed by atoms with Gasteiger partial charge < -0.3 is 9.64 Å². The van der Waals surface area contributed by atoms with Crippen LogP contribution in [0.2, 0.25) is 5.02 Å². The maximum Gasteiger partial charge on any atom is 0.340 e. The molecule has 7 nitrogen and oxygen atoms in total. The zero-order valence-electron chi connectivity index (χ0n) is 17.2. The molecule has 0 aliphatic heterocycles.